The highest BCUT2D eigenvalue weighted by Crippen LogP contribution is 2.11. The Kier molecular flexibility index (Phi) is 3.97. The molecule has 0 bridgehead atoms. The van der Waals surface area contributed by atoms with Gasteiger partial charge in [-0.3, -0.25) is 14.2 Å². The maximum absolute atomic E-state index is 11.7. The second-order valence-electron chi connectivity index (χ2n) is 3.05. The van der Waals surface area contributed by atoms with Crippen molar-refractivity contribution in [3.8, 4) is 5.75 Å². The van der Waals surface area contributed by atoms with Crippen molar-refractivity contribution in [3.05, 3.63) is 21.9 Å². The fourth-order valence-electron chi connectivity index (χ4n) is 1.23. The molecule has 0 aliphatic heterocycles. The fraction of sp³-hybridized carbons (Fsp3) is 0.400. The maximum atomic E-state index is 11.7. The van der Waals surface area contributed by atoms with Crippen LogP contribution in [0.2, 0.25) is 0 Å². The highest BCUT2D eigenvalue weighted by Gasteiger charge is 2.21. The Morgan fingerprint density at radius 1 is 1.53 bits per heavy atom. The summed E-state index contributed by atoms with van der Waals surface area (Å²) < 4.78 is 10.5. The Morgan fingerprint density at radius 3 is 2.65 bits per heavy atom. The zero-order chi connectivity index (χ0) is 13.0. The van der Waals surface area contributed by atoms with Crippen LogP contribution in [0.3, 0.4) is 0 Å². The SMILES string of the molecule is CCOC(=O)c1nc(C=O)n(C)c(=O)c1OC. The summed E-state index contributed by atoms with van der Waals surface area (Å²) in [6.07, 6.45) is 0.379. The lowest BCUT2D eigenvalue weighted by atomic mass is 10.3. The summed E-state index contributed by atoms with van der Waals surface area (Å²) in [5.41, 5.74) is -0.910. The van der Waals surface area contributed by atoms with E-state index in [4.69, 9.17) is 9.47 Å². The third-order valence-corrected chi connectivity index (χ3v) is 2.06. The molecule has 1 heterocycles. The number of nitrogens with zero attached hydrogens (tertiary/aromatic N) is 2. The average molecular weight is 240 g/mol. The lowest BCUT2D eigenvalue weighted by Gasteiger charge is -2.09. The minimum atomic E-state index is -0.801. The molecule has 1 aromatic rings. The summed E-state index contributed by atoms with van der Waals surface area (Å²) in [5.74, 6) is -1.21. The van der Waals surface area contributed by atoms with Gasteiger partial charge in [0.05, 0.1) is 13.7 Å². The Morgan fingerprint density at radius 2 is 2.18 bits per heavy atom. The van der Waals surface area contributed by atoms with Crippen molar-refractivity contribution in [1.82, 2.24) is 9.55 Å². The molecule has 0 unspecified atom stereocenters. The van der Waals surface area contributed by atoms with Crippen LogP contribution >= 0.6 is 0 Å². The molecule has 0 aliphatic rings. The van der Waals surface area contributed by atoms with Crippen molar-refractivity contribution in [3.63, 3.8) is 0 Å². The van der Waals surface area contributed by atoms with Gasteiger partial charge in [-0.2, -0.15) is 0 Å². The minimum Gasteiger partial charge on any atom is -0.489 e. The number of esters is 1. The zero-order valence-corrected chi connectivity index (χ0v) is 9.72. The zero-order valence-electron chi connectivity index (χ0n) is 9.72. The average Bonchev–Trinajstić information content (AvgIpc) is 2.32. The quantitative estimate of drug-likeness (QED) is 0.534. The third kappa shape index (κ3) is 2.32. The van der Waals surface area contributed by atoms with Gasteiger partial charge in [-0.25, -0.2) is 9.78 Å². The van der Waals surface area contributed by atoms with Crippen LogP contribution < -0.4 is 10.3 Å². The molecule has 7 nitrogen and oxygen atoms in total. The number of aldehydes is 1. The predicted molar refractivity (Wildman–Crippen MR) is 57.4 cm³/mol. The largest absolute Gasteiger partial charge is 0.489 e. The molecule has 92 valence electrons. The number of ether oxygens (including phenoxy) is 2. The van der Waals surface area contributed by atoms with Crippen LogP contribution in [0.4, 0.5) is 0 Å². The van der Waals surface area contributed by atoms with E-state index >= 15 is 0 Å². The Balaban J connectivity index is 3.48. The number of carbonyl (C=O) groups excluding carboxylic acids is 2. The lowest BCUT2D eigenvalue weighted by Crippen LogP contribution is -2.27. The summed E-state index contributed by atoms with van der Waals surface area (Å²) in [4.78, 5) is 37.7. The van der Waals surface area contributed by atoms with Gasteiger partial charge < -0.3 is 9.47 Å². The second kappa shape index (κ2) is 5.24. The first-order chi connectivity index (χ1) is 8.06. The number of methoxy groups -OCH3 is 1. The van der Waals surface area contributed by atoms with E-state index in [2.05, 4.69) is 4.98 Å². The smallest absolute Gasteiger partial charge is 0.361 e. The van der Waals surface area contributed by atoms with Crippen LogP contribution in [0.5, 0.6) is 5.75 Å². The van der Waals surface area contributed by atoms with Gasteiger partial charge in [0.1, 0.15) is 0 Å². The van der Waals surface area contributed by atoms with Gasteiger partial charge in [-0.05, 0) is 6.92 Å². The molecular formula is C10H12N2O5. The molecule has 0 saturated heterocycles. The van der Waals surface area contributed by atoms with E-state index in [1.165, 1.54) is 14.2 Å². The van der Waals surface area contributed by atoms with Gasteiger partial charge in [0.25, 0.3) is 5.56 Å². The highest BCUT2D eigenvalue weighted by molar-refractivity contribution is 5.90. The first kappa shape index (κ1) is 12.9. The monoisotopic (exact) mass is 240 g/mol. The van der Waals surface area contributed by atoms with Crippen LogP contribution in [0.1, 0.15) is 28.0 Å². The standard InChI is InChI=1S/C10H12N2O5/c1-4-17-10(15)7-8(16-3)9(14)12(2)6(5-13)11-7/h5H,4H2,1-3H3. The van der Waals surface area contributed by atoms with Crippen molar-refractivity contribution in [1.29, 1.82) is 0 Å². The van der Waals surface area contributed by atoms with Gasteiger partial charge in [0.2, 0.25) is 5.75 Å². The van der Waals surface area contributed by atoms with Crippen molar-refractivity contribution in [2.45, 2.75) is 6.92 Å². The molecule has 7 heteroatoms. The molecule has 1 aromatic heterocycles. The predicted octanol–water partition coefficient (Wildman–Crippen LogP) is -0.222. The van der Waals surface area contributed by atoms with Gasteiger partial charge in [-0.15, -0.1) is 0 Å². The molecule has 17 heavy (non-hydrogen) atoms. The summed E-state index contributed by atoms with van der Waals surface area (Å²) in [5, 5.41) is 0. The molecule has 0 radical (unpaired) electrons. The number of aromatic nitrogens is 2. The molecule has 0 saturated carbocycles. The van der Waals surface area contributed by atoms with E-state index in [0.717, 1.165) is 4.57 Å². The Bertz CT molecular complexity index is 506. The molecule has 1 rings (SSSR count). The van der Waals surface area contributed by atoms with Crippen LogP contribution in [-0.2, 0) is 11.8 Å². The second-order valence-corrected chi connectivity index (χ2v) is 3.05. The van der Waals surface area contributed by atoms with Gasteiger partial charge in [-0.1, -0.05) is 0 Å². The first-order valence-corrected chi connectivity index (χ1v) is 4.84. The molecule has 0 spiro atoms. The van der Waals surface area contributed by atoms with E-state index < -0.39 is 11.5 Å². The third-order valence-electron chi connectivity index (χ3n) is 2.06. The summed E-state index contributed by atoms with van der Waals surface area (Å²) in [6, 6.07) is 0. The molecule has 0 amide bonds. The maximum Gasteiger partial charge on any atom is 0.361 e. The van der Waals surface area contributed by atoms with E-state index in [1.807, 2.05) is 0 Å². The normalized spacial score (nSPS) is 9.82. The Labute approximate surface area is 97.0 Å². The van der Waals surface area contributed by atoms with Crippen molar-refractivity contribution < 1.29 is 19.1 Å². The van der Waals surface area contributed by atoms with E-state index in [-0.39, 0.29) is 23.9 Å². The Hall–Kier alpha value is -2.18. The number of rotatable bonds is 4. The van der Waals surface area contributed by atoms with Crippen molar-refractivity contribution in [2.75, 3.05) is 13.7 Å². The van der Waals surface area contributed by atoms with Crippen molar-refractivity contribution in [2.24, 2.45) is 7.05 Å². The fourth-order valence-corrected chi connectivity index (χ4v) is 1.23. The first-order valence-electron chi connectivity index (χ1n) is 4.84. The highest BCUT2D eigenvalue weighted by atomic mass is 16.5. The molecule has 0 atom stereocenters. The minimum absolute atomic E-state index is 0.134. The van der Waals surface area contributed by atoms with Crippen molar-refractivity contribution >= 4 is 12.3 Å². The van der Waals surface area contributed by atoms with E-state index in [0.29, 0.717) is 6.29 Å². The number of carbonyl (C=O) groups is 2. The number of hydrogen-bond acceptors (Lipinski definition) is 6. The van der Waals surface area contributed by atoms with Crippen LogP contribution in [-0.4, -0.2) is 35.5 Å². The van der Waals surface area contributed by atoms with Crippen LogP contribution in [0.15, 0.2) is 4.79 Å². The molecular weight excluding hydrogens is 228 g/mol. The number of hydrogen-bond donors (Lipinski definition) is 0. The molecule has 0 N–H and O–H groups in total. The summed E-state index contributed by atoms with van der Waals surface area (Å²) in [7, 11) is 2.60. The van der Waals surface area contributed by atoms with Gasteiger partial charge in [0, 0.05) is 7.05 Å². The molecule has 0 fully saturated rings. The topological polar surface area (TPSA) is 87.5 Å². The van der Waals surface area contributed by atoms with Crippen LogP contribution in [0.25, 0.3) is 0 Å². The van der Waals surface area contributed by atoms with Gasteiger partial charge in [0.15, 0.2) is 17.8 Å². The summed E-state index contributed by atoms with van der Waals surface area (Å²) >= 11 is 0. The van der Waals surface area contributed by atoms with E-state index in [1.54, 1.807) is 6.92 Å². The lowest BCUT2D eigenvalue weighted by molar-refractivity contribution is 0.0514. The molecule has 0 aromatic carbocycles. The van der Waals surface area contributed by atoms with E-state index in [9.17, 15) is 14.4 Å². The molecule has 0 aliphatic carbocycles. The summed E-state index contributed by atoms with van der Waals surface area (Å²) in [6.45, 7) is 1.75. The van der Waals surface area contributed by atoms with Crippen LogP contribution in [0, 0.1) is 0 Å². The van der Waals surface area contributed by atoms with Gasteiger partial charge >= 0.3 is 5.97 Å².